The molecule has 0 bridgehead atoms. The van der Waals surface area contributed by atoms with Gasteiger partial charge in [-0.1, -0.05) is 41.9 Å². The molecule has 2 aromatic rings. The molecule has 1 heterocycles. The number of benzene rings is 2. The highest BCUT2D eigenvalue weighted by atomic mass is 35.5. The number of morpholine rings is 1. The third-order valence-electron chi connectivity index (χ3n) is 4.40. The SMILES string of the molecule is COc1ccc(Cl)cc1C(=O)NCC(=O)N1CCO[C@H](c2ccccc2)C1. The van der Waals surface area contributed by atoms with Crippen LogP contribution in [0.1, 0.15) is 22.0 Å². The molecule has 2 aromatic carbocycles. The highest BCUT2D eigenvalue weighted by Gasteiger charge is 2.25. The lowest BCUT2D eigenvalue weighted by Gasteiger charge is -2.33. The van der Waals surface area contributed by atoms with Crippen LogP contribution in [0.3, 0.4) is 0 Å². The lowest BCUT2D eigenvalue weighted by atomic mass is 10.1. The summed E-state index contributed by atoms with van der Waals surface area (Å²) in [4.78, 5) is 26.6. The normalized spacial score (nSPS) is 16.7. The Morgan fingerprint density at radius 3 is 2.78 bits per heavy atom. The Morgan fingerprint density at radius 1 is 1.26 bits per heavy atom. The molecule has 142 valence electrons. The van der Waals surface area contributed by atoms with Crippen molar-refractivity contribution in [3.63, 3.8) is 0 Å². The van der Waals surface area contributed by atoms with Crippen LogP contribution in [0.25, 0.3) is 0 Å². The van der Waals surface area contributed by atoms with Crippen molar-refractivity contribution < 1.29 is 19.1 Å². The van der Waals surface area contributed by atoms with Gasteiger partial charge in [0.15, 0.2) is 0 Å². The maximum atomic E-state index is 12.5. The number of rotatable bonds is 5. The van der Waals surface area contributed by atoms with Crippen molar-refractivity contribution >= 4 is 23.4 Å². The zero-order valence-corrected chi connectivity index (χ0v) is 15.7. The Kier molecular flexibility index (Phi) is 6.32. The maximum Gasteiger partial charge on any atom is 0.255 e. The molecular formula is C20H21ClN2O4. The van der Waals surface area contributed by atoms with Crippen LogP contribution < -0.4 is 10.1 Å². The summed E-state index contributed by atoms with van der Waals surface area (Å²) >= 11 is 5.95. The molecule has 7 heteroatoms. The van der Waals surface area contributed by atoms with Crippen LogP contribution in [0.15, 0.2) is 48.5 Å². The minimum atomic E-state index is -0.407. The summed E-state index contributed by atoms with van der Waals surface area (Å²) in [5, 5.41) is 3.07. The van der Waals surface area contributed by atoms with Gasteiger partial charge in [-0.05, 0) is 23.8 Å². The predicted molar refractivity (Wildman–Crippen MR) is 102 cm³/mol. The summed E-state index contributed by atoms with van der Waals surface area (Å²) in [6.45, 7) is 1.31. The molecule has 1 saturated heterocycles. The van der Waals surface area contributed by atoms with Crippen LogP contribution in [-0.2, 0) is 9.53 Å². The first-order valence-corrected chi connectivity index (χ1v) is 9.02. The fraction of sp³-hybridized carbons (Fsp3) is 0.300. The van der Waals surface area contributed by atoms with E-state index >= 15 is 0 Å². The van der Waals surface area contributed by atoms with E-state index in [1.54, 1.807) is 17.0 Å². The molecular weight excluding hydrogens is 368 g/mol. The summed E-state index contributed by atoms with van der Waals surface area (Å²) in [5.41, 5.74) is 1.32. The number of carbonyl (C=O) groups excluding carboxylic acids is 2. The second-order valence-electron chi connectivity index (χ2n) is 6.14. The summed E-state index contributed by atoms with van der Waals surface area (Å²) < 4.78 is 10.9. The number of ether oxygens (including phenoxy) is 2. The number of nitrogens with one attached hydrogen (secondary N) is 1. The predicted octanol–water partition coefficient (Wildman–Crippen LogP) is 2.68. The smallest absolute Gasteiger partial charge is 0.255 e. The van der Waals surface area contributed by atoms with E-state index in [4.69, 9.17) is 21.1 Å². The minimum absolute atomic E-state index is 0.101. The fourth-order valence-corrected chi connectivity index (χ4v) is 3.14. The van der Waals surface area contributed by atoms with Crippen molar-refractivity contribution in [2.24, 2.45) is 0 Å². The first kappa shape index (κ1) is 19.2. The third-order valence-corrected chi connectivity index (χ3v) is 4.63. The fourth-order valence-electron chi connectivity index (χ4n) is 2.97. The van der Waals surface area contributed by atoms with Gasteiger partial charge in [0.1, 0.15) is 11.9 Å². The average molecular weight is 389 g/mol. The summed E-state index contributed by atoms with van der Waals surface area (Å²) in [6, 6.07) is 14.5. The lowest BCUT2D eigenvalue weighted by Crippen LogP contribution is -2.46. The molecule has 1 aliphatic heterocycles. The largest absolute Gasteiger partial charge is 0.496 e. The van der Waals surface area contributed by atoms with E-state index in [2.05, 4.69) is 5.32 Å². The van der Waals surface area contributed by atoms with Gasteiger partial charge in [-0.15, -0.1) is 0 Å². The van der Waals surface area contributed by atoms with E-state index in [0.29, 0.717) is 36.0 Å². The van der Waals surface area contributed by atoms with Crippen LogP contribution in [0.5, 0.6) is 5.75 Å². The molecule has 0 spiro atoms. The number of hydrogen-bond acceptors (Lipinski definition) is 4. The van der Waals surface area contributed by atoms with Crippen molar-refractivity contribution in [1.82, 2.24) is 10.2 Å². The van der Waals surface area contributed by atoms with Gasteiger partial charge >= 0.3 is 0 Å². The van der Waals surface area contributed by atoms with Gasteiger partial charge in [0.05, 0.1) is 32.4 Å². The van der Waals surface area contributed by atoms with Gasteiger partial charge in [0, 0.05) is 11.6 Å². The van der Waals surface area contributed by atoms with Gasteiger partial charge in [-0.2, -0.15) is 0 Å². The van der Waals surface area contributed by atoms with Gasteiger partial charge in [0.25, 0.3) is 5.91 Å². The summed E-state index contributed by atoms with van der Waals surface area (Å²) in [7, 11) is 1.47. The number of carbonyl (C=O) groups is 2. The minimum Gasteiger partial charge on any atom is -0.496 e. The first-order valence-electron chi connectivity index (χ1n) is 8.64. The molecule has 1 atom stereocenters. The van der Waals surface area contributed by atoms with Gasteiger partial charge in [-0.25, -0.2) is 0 Å². The Morgan fingerprint density at radius 2 is 2.04 bits per heavy atom. The Balaban J connectivity index is 1.59. The van der Waals surface area contributed by atoms with Crippen LogP contribution in [0, 0.1) is 0 Å². The molecule has 0 aromatic heterocycles. The molecule has 27 heavy (non-hydrogen) atoms. The first-order chi connectivity index (χ1) is 13.1. The quantitative estimate of drug-likeness (QED) is 0.855. The van der Waals surface area contributed by atoms with E-state index in [1.807, 2.05) is 30.3 Å². The van der Waals surface area contributed by atoms with Crippen molar-refractivity contribution in [1.29, 1.82) is 0 Å². The van der Waals surface area contributed by atoms with E-state index < -0.39 is 5.91 Å². The molecule has 6 nitrogen and oxygen atoms in total. The van der Waals surface area contributed by atoms with E-state index in [-0.39, 0.29) is 18.6 Å². The lowest BCUT2D eigenvalue weighted by molar-refractivity contribution is -0.137. The third kappa shape index (κ3) is 4.78. The van der Waals surface area contributed by atoms with Gasteiger partial charge < -0.3 is 19.7 Å². The van der Waals surface area contributed by atoms with Crippen molar-refractivity contribution in [2.45, 2.75) is 6.10 Å². The topological polar surface area (TPSA) is 67.9 Å². The second kappa shape index (κ2) is 8.88. The molecule has 1 N–H and O–H groups in total. The Labute approximate surface area is 163 Å². The Hall–Kier alpha value is -2.57. The zero-order valence-electron chi connectivity index (χ0n) is 15.0. The highest BCUT2D eigenvalue weighted by molar-refractivity contribution is 6.31. The monoisotopic (exact) mass is 388 g/mol. The highest BCUT2D eigenvalue weighted by Crippen LogP contribution is 2.23. The summed E-state index contributed by atoms with van der Waals surface area (Å²) in [6.07, 6.45) is -0.160. The number of methoxy groups -OCH3 is 1. The van der Waals surface area contributed by atoms with Crippen molar-refractivity contribution in [3.05, 3.63) is 64.7 Å². The van der Waals surface area contributed by atoms with Crippen molar-refractivity contribution in [3.8, 4) is 5.75 Å². The number of halogens is 1. The molecule has 0 unspecified atom stereocenters. The number of amides is 2. The average Bonchev–Trinajstić information content (AvgIpc) is 2.72. The zero-order chi connectivity index (χ0) is 19.2. The van der Waals surface area contributed by atoms with Crippen LogP contribution in [0.4, 0.5) is 0 Å². The van der Waals surface area contributed by atoms with Crippen molar-refractivity contribution in [2.75, 3.05) is 33.4 Å². The van der Waals surface area contributed by atoms with Gasteiger partial charge in [-0.3, -0.25) is 9.59 Å². The van der Waals surface area contributed by atoms with Crippen LogP contribution >= 0.6 is 11.6 Å². The standard InChI is InChI=1S/C20H21ClN2O4/c1-26-17-8-7-15(21)11-16(17)20(25)22-12-19(24)23-9-10-27-18(13-23)14-5-3-2-4-6-14/h2-8,11,18H,9-10,12-13H2,1H3,(H,22,25)/t18-/m0/s1. The van der Waals surface area contributed by atoms with Gasteiger partial charge in [0.2, 0.25) is 5.91 Å². The maximum absolute atomic E-state index is 12.5. The van der Waals surface area contributed by atoms with Crippen LogP contribution in [0.2, 0.25) is 5.02 Å². The molecule has 1 aliphatic rings. The molecule has 0 saturated carbocycles. The Bertz CT molecular complexity index is 813. The molecule has 1 fully saturated rings. The van der Waals surface area contributed by atoms with E-state index in [9.17, 15) is 9.59 Å². The molecule has 3 rings (SSSR count). The van der Waals surface area contributed by atoms with Crippen LogP contribution in [-0.4, -0.2) is 50.1 Å². The number of hydrogen-bond donors (Lipinski definition) is 1. The molecule has 2 amide bonds. The number of nitrogens with zero attached hydrogens (tertiary/aromatic N) is 1. The summed E-state index contributed by atoms with van der Waals surface area (Å²) in [5.74, 6) is -0.163. The second-order valence-corrected chi connectivity index (χ2v) is 6.57. The molecule has 0 radical (unpaired) electrons. The molecule has 0 aliphatic carbocycles. The van der Waals surface area contributed by atoms with E-state index in [0.717, 1.165) is 5.56 Å². The van der Waals surface area contributed by atoms with E-state index in [1.165, 1.54) is 13.2 Å².